The van der Waals surface area contributed by atoms with Crippen LogP contribution in [0.25, 0.3) is 0 Å². The number of nitrogens with one attached hydrogen (secondary N) is 1. The van der Waals surface area contributed by atoms with Gasteiger partial charge in [-0.25, -0.2) is 5.01 Å². The van der Waals surface area contributed by atoms with Crippen LogP contribution in [0.4, 0.5) is 0 Å². The van der Waals surface area contributed by atoms with E-state index in [9.17, 15) is 4.79 Å². The maximum absolute atomic E-state index is 10.6. The molecule has 0 aromatic heterocycles. The first kappa shape index (κ1) is 8.49. The molecule has 64 valence electrons. The van der Waals surface area contributed by atoms with Gasteiger partial charge >= 0.3 is 0 Å². The minimum atomic E-state index is 0.000437. The minimum Gasteiger partial charge on any atom is -0.328 e. The van der Waals surface area contributed by atoms with Gasteiger partial charge in [-0.1, -0.05) is 0 Å². The Hall–Kier alpha value is -0.610. The van der Waals surface area contributed by atoms with E-state index < -0.39 is 0 Å². The second kappa shape index (κ2) is 3.69. The summed E-state index contributed by atoms with van der Waals surface area (Å²) < 4.78 is 0. The van der Waals surface area contributed by atoms with Crippen LogP contribution in [-0.4, -0.2) is 30.0 Å². The first-order valence-electron chi connectivity index (χ1n) is 3.96. The molecule has 0 saturated carbocycles. The molecule has 0 atom stereocenters. The Labute approximate surface area is 66.7 Å². The van der Waals surface area contributed by atoms with E-state index in [0.29, 0.717) is 6.04 Å². The van der Waals surface area contributed by atoms with E-state index in [1.165, 1.54) is 6.92 Å². The molecule has 3 N–H and O–H groups in total. The first-order valence-corrected chi connectivity index (χ1v) is 3.96. The van der Waals surface area contributed by atoms with Crippen molar-refractivity contribution < 1.29 is 4.79 Å². The fraction of sp³-hybridized carbons (Fsp3) is 0.857. The predicted molar refractivity (Wildman–Crippen MR) is 42.6 cm³/mol. The summed E-state index contributed by atoms with van der Waals surface area (Å²) in [6, 6.07) is 0.319. The number of carbonyl (C=O) groups is 1. The molecule has 1 rings (SSSR count). The van der Waals surface area contributed by atoms with E-state index in [4.69, 9.17) is 5.73 Å². The maximum atomic E-state index is 10.6. The van der Waals surface area contributed by atoms with Gasteiger partial charge in [0.2, 0.25) is 5.91 Å². The number of hydrogen-bond acceptors (Lipinski definition) is 3. The van der Waals surface area contributed by atoms with Crippen LogP contribution in [0.2, 0.25) is 0 Å². The first-order chi connectivity index (χ1) is 5.18. The van der Waals surface area contributed by atoms with Crippen LogP contribution < -0.4 is 11.2 Å². The van der Waals surface area contributed by atoms with E-state index in [1.807, 2.05) is 5.01 Å². The third-order valence-corrected chi connectivity index (χ3v) is 1.86. The zero-order valence-electron chi connectivity index (χ0n) is 6.84. The second-order valence-electron chi connectivity index (χ2n) is 2.99. The van der Waals surface area contributed by atoms with E-state index in [2.05, 4.69) is 5.43 Å². The molecule has 1 fully saturated rings. The number of hydrogen-bond donors (Lipinski definition) is 2. The van der Waals surface area contributed by atoms with E-state index in [1.54, 1.807) is 0 Å². The Bertz CT molecular complexity index is 141. The van der Waals surface area contributed by atoms with Crippen molar-refractivity contribution in [2.75, 3.05) is 13.1 Å². The molecule has 11 heavy (non-hydrogen) atoms. The van der Waals surface area contributed by atoms with E-state index in [0.717, 1.165) is 25.9 Å². The zero-order valence-corrected chi connectivity index (χ0v) is 6.84. The molecular weight excluding hydrogens is 142 g/mol. The van der Waals surface area contributed by atoms with Crippen molar-refractivity contribution in [3.05, 3.63) is 0 Å². The van der Waals surface area contributed by atoms with Gasteiger partial charge in [0, 0.05) is 26.1 Å². The summed E-state index contributed by atoms with van der Waals surface area (Å²) in [7, 11) is 0. The van der Waals surface area contributed by atoms with Gasteiger partial charge in [0.1, 0.15) is 0 Å². The third-order valence-electron chi connectivity index (χ3n) is 1.86. The molecule has 0 bridgehead atoms. The second-order valence-corrected chi connectivity index (χ2v) is 2.99. The molecule has 1 heterocycles. The number of amides is 1. The monoisotopic (exact) mass is 157 g/mol. The van der Waals surface area contributed by atoms with Crippen molar-refractivity contribution in [2.45, 2.75) is 25.8 Å². The molecule has 4 nitrogen and oxygen atoms in total. The highest BCUT2D eigenvalue weighted by atomic mass is 16.2. The number of carbonyl (C=O) groups excluding carboxylic acids is 1. The molecule has 1 amide bonds. The Morgan fingerprint density at radius 3 is 2.55 bits per heavy atom. The fourth-order valence-electron chi connectivity index (χ4n) is 1.23. The molecule has 0 aromatic carbocycles. The summed E-state index contributed by atoms with van der Waals surface area (Å²) in [6.45, 7) is 3.27. The standard InChI is InChI=1S/C7H15N3O/c1-6(11)9-10-4-2-7(8)3-5-10/h7H,2-5,8H2,1H3,(H,9,11). The highest BCUT2D eigenvalue weighted by Gasteiger charge is 2.15. The molecule has 0 aliphatic carbocycles. The molecule has 1 aliphatic rings. The molecule has 0 unspecified atom stereocenters. The number of nitrogens with two attached hydrogens (primary N) is 1. The Balaban J connectivity index is 2.22. The highest BCUT2D eigenvalue weighted by Crippen LogP contribution is 2.04. The van der Waals surface area contributed by atoms with E-state index >= 15 is 0 Å². The Kier molecular flexibility index (Phi) is 2.84. The van der Waals surface area contributed by atoms with Crippen molar-refractivity contribution >= 4 is 5.91 Å². The van der Waals surface area contributed by atoms with Crippen LogP contribution in [0.3, 0.4) is 0 Å². The van der Waals surface area contributed by atoms with Gasteiger partial charge in [0.25, 0.3) is 0 Å². The lowest BCUT2D eigenvalue weighted by molar-refractivity contribution is -0.124. The highest BCUT2D eigenvalue weighted by molar-refractivity contribution is 5.72. The lowest BCUT2D eigenvalue weighted by Crippen LogP contribution is -2.48. The maximum Gasteiger partial charge on any atom is 0.231 e. The van der Waals surface area contributed by atoms with Crippen LogP contribution >= 0.6 is 0 Å². The molecule has 1 saturated heterocycles. The molecule has 0 spiro atoms. The normalized spacial score (nSPS) is 21.6. The van der Waals surface area contributed by atoms with Gasteiger partial charge in [-0.2, -0.15) is 0 Å². The topological polar surface area (TPSA) is 58.4 Å². The van der Waals surface area contributed by atoms with Crippen LogP contribution in [0.1, 0.15) is 19.8 Å². The lowest BCUT2D eigenvalue weighted by Gasteiger charge is -2.29. The quantitative estimate of drug-likeness (QED) is 0.537. The summed E-state index contributed by atoms with van der Waals surface area (Å²) in [5.74, 6) is 0.000437. The van der Waals surface area contributed by atoms with Crippen LogP contribution in [-0.2, 0) is 4.79 Å². The zero-order chi connectivity index (χ0) is 8.27. The Morgan fingerprint density at radius 2 is 2.09 bits per heavy atom. The average Bonchev–Trinajstić information content (AvgIpc) is 1.93. The van der Waals surface area contributed by atoms with Gasteiger partial charge in [0.05, 0.1) is 0 Å². The smallest absolute Gasteiger partial charge is 0.231 e. The van der Waals surface area contributed by atoms with Crippen molar-refractivity contribution in [1.29, 1.82) is 0 Å². The number of hydrazine groups is 1. The Morgan fingerprint density at radius 1 is 1.55 bits per heavy atom. The minimum absolute atomic E-state index is 0.000437. The predicted octanol–water partition coefficient (Wildman–Crippen LogP) is -0.539. The third kappa shape index (κ3) is 2.86. The largest absolute Gasteiger partial charge is 0.328 e. The summed E-state index contributed by atoms with van der Waals surface area (Å²) in [4.78, 5) is 10.6. The van der Waals surface area contributed by atoms with Crippen molar-refractivity contribution in [3.63, 3.8) is 0 Å². The van der Waals surface area contributed by atoms with Gasteiger partial charge in [0.15, 0.2) is 0 Å². The van der Waals surface area contributed by atoms with Crippen molar-refractivity contribution in [2.24, 2.45) is 5.73 Å². The van der Waals surface area contributed by atoms with Gasteiger partial charge in [-0.05, 0) is 12.8 Å². The van der Waals surface area contributed by atoms with Crippen LogP contribution in [0.15, 0.2) is 0 Å². The van der Waals surface area contributed by atoms with Gasteiger partial charge < -0.3 is 5.73 Å². The van der Waals surface area contributed by atoms with Crippen LogP contribution in [0, 0.1) is 0 Å². The summed E-state index contributed by atoms with van der Waals surface area (Å²) in [5.41, 5.74) is 8.43. The lowest BCUT2D eigenvalue weighted by atomic mass is 10.1. The number of nitrogens with zero attached hydrogens (tertiary/aromatic N) is 1. The molecule has 4 heteroatoms. The summed E-state index contributed by atoms with van der Waals surface area (Å²) in [5, 5.41) is 1.92. The SMILES string of the molecule is CC(=O)NN1CCC(N)CC1. The van der Waals surface area contributed by atoms with Crippen molar-refractivity contribution in [3.8, 4) is 0 Å². The van der Waals surface area contributed by atoms with E-state index in [-0.39, 0.29) is 5.91 Å². The number of piperidine rings is 1. The fourth-order valence-corrected chi connectivity index (χ4v) is 1.23. The molecule has 0 aromatic rings. The number of rotatable bonds is 1. The van der Waals surface area contributed by atoms with Gasteiger partial charge in [-0.3, -0.25) is 10.2 Å². The summed E-state index contributed by atoms with van der Waals surface area (Å²) >= 11 is 0. The average molecular weight is 157 g/mol. The van der Waals surface area contributed by atoms with Gasteiger partial charge in [-0.15, -0.1) is 0 Å². The molecular formula is C7H15N3O. The van der Waals surface area contributed by atoms with Crippen LogP contribution in [0.5, 0.6) is 0 Å². The summed E-state index contributed by atoms with van der Waals surface area (Å²) in [6.07, 6.45) is 1.94. The van der Waals surface area contributed by atoms with Crippen molar-refractivity contribution in [1.82, 2.24) is 10.4 Å². The molecule has 0 radical (unpaired) electrons. The molecule has 1 aliphatic heterocycles.